The minimum absolute atomic E-state index is 0.000755. The van der Waals surface area contributed by atoms with Crippen molar-refractivity contribution in [1.82, 2.24) is 15.1 Å². The molecule has 2 fully saturated rings. The smallest absolute Gasteiger partial charge is 0.306 e. The van der Waals surface area contributed by atoms with Crippen molar-refractivity contribution in [3.05, 3.63) is 0 Å². The monoisotopic (exact) mass is 774 g/mol. The predicted octanol–water partition coefficient (Wildman–Crippen LogP) is 12.6. The first-order valence-corrected chi connectivity index (χ1v) is 24.5. The first-order chi connectivity index (χ1) is 27.0. The molecule has 1 aliphatic carbocycles. The molecule has 2 amide bonds. The Hall–Kier alpha value is -1.63. The van der Waals surface area contributed by atoms with E-state index in [1.165, 1.54) is 148 Å². The fraction of sp³-hybridized carbons (Fsp3) is 0.938. The van der Waals surface area contributed by atoms with E-state index < -0.39 is 6.04 Å². The van der Waals surface area contributed by atoms with Crippen molar-refractivity contribution < 1.29 is 19.1 Å². The summed E-state index contributed by atoms with van der Waals surface area (Å²) >= 11 is 0. The van der Waals surface area contributed by atoms with Crippen LogP contribution in [0.25, 0.3) is 0 Å². The van der Waals surface area contributed by atoms with Crippen LogP contribution in [0.3, 0.4) is 0 Å². The van der Waals surface area contributed by atoms with Gasteiger partial charge >= 0.3 is 5.97 Å². The molecule has 7 nitrogen and oxygen atoms in total. The molecule has 1 aliphatic heterocycles. The highest BCUT2D eigenvalue weighted by Crippen LogP contribution is 2.21. The molecule has 0 radical (unpaired) electrons. The second-order valence-electron chi connectivity index (χ2n) is 17.7. The molecule has 322 valence electrons. The van der Waals surface area contributed by atoms with Crippen LogP contribution >= 0.6 is 0 Å². The van der Waals surface area contributed by atoms with Crippen LogP contribution in [0.4, 0.5) is 0 Å². The average Bonchev–Trinajstić information content (AvgIpc) is 3.46. The van der Waals surface area contributed by atoms with Gasteiger partial charge in [0.05, 0.1) is 0 Å². The lowest BCUT2D eigenvalue weighted by Gasteiger charge is -2.35. The zero-order chi connectivity index (χ0) is 39.6. The molecule has 1 heterocycles. The van der Waals surface area contributed by atoms with Gasteiger partial charge in [0, 0.05) is 31.6 Å². The Labute approximate surface area is 341 Å². The number of likely N-dealkylation sites (tertiary alicyclic amines) is 1. The summed E-state index contributed by atoms with van der Waals surface area (Å²) < 4.78 is 5.63. The molecule has 0 aromatic rings. The van der Waals surface area contributed by atoms with E-state index in [2.05, 4.69) is 31.0 Å². The van der Waals surface area contributed by atoms with E-state index in [1.54, 1.807) is 0 Å². The first-order valence-electron chi connectivity index (χ1n) is 24.5. The molecule has 7 heteroatoms. The number of ether oxygens (including phenoxy) is 1. The maximum absolute atomic E-state index is 14.1. The van der Waals surface area contributed by atoms with Crippen molar-refractivity contribution >= 4 is 17.8 Å². The molecular weight excluding hydrogens is 683 g/mol. The minimum Gasteiger partial charge on any atom is -0.456 e. The van der Waals surface area contributed by atoms with Crippen LogP contribution in [0.15, 0.2) is 0 Å². The van der Waals surface area contributed by atoms with Gasteiger partial charge in [-0.05, 0) is 58.4 Å². The summed E-state index contributed by atoms with van der Waals surface area (Å²) in [6, 6.07) is 0.239. The Bertz CT molecular complexity index is 936. The Kier molecular flexibility index (Phi) is 31.0. The van der Waals surface area contributed by atoms with Crippen LogP contribution in [0, 0.1) is 0 Å². The number of hydrogen-bond donors (Lipinski definition) is 1. The van der Waals surface area contributed by atoms with Gasteiger partial charge in [0.15, 0.2) is 6.61 Å². The summed E-state index contributed by atoms with van der Waals surface area (Å²) in [7, 11) is 0. The molecule has 1 saturated heterocycles. The molecule has 1 saturated carbocycles. The van der Waals surface area contributed by atoms with Crippen LogP contribution in [-0.2, 0) is 19.1 Å². The van der Waals surface area contributed by atoms with Gasteiger partial charge in [-0.1, -0.05) is 187 Å². The second kappa shape index (κ2) is 34.4. The van der Waals surface area contributed by atoms with Crippen molar-refractivity contribution in [2.75, 3.05) is 26.2 Å². The third kappa shape index (κ3) is 25.4. The van der Waals surface area contributed by atoms with Gasteiger partial charge in [0.2, 0.25) is 5.91 Å². The molecule has 1 N–H and O–H groups in total. The fourth-order valence-electron chi connectivity index (χ4n) is 8.95. The summed E-state index contributed by atoms with van der Waals surface area (Å²) in [5.74, 6) is -0.494. The molecule has 2 aliphatic rings. The van der Waals surface area contributed by atoms with Gasteiger partial charge in [-0.2, -0.15) is 0 Å². The van der Waals surface area contributed by atoms with Crippen LogP contribution < -0.4 is 5.32 Å². The van der Waals surface area contributed by atoms with Gasteiger partial charge in [0.1, 0.15) is 6.04 Å². The summed E-state index contributed by atoms with van der Waals surface area (Å²) in [5, 5.41) is 3.41. The third-order valence-corrected chi connectivity index (χ3v) is 12.7. The molecule has 2 atom stereocenters. The average molecular weight is 774 g/mol. The van der Waals surface area contributed by atoms with E-state index in [0.29, 0.717) is 25.4 Å². The van der Waals surface area contributed by atoms with Gasteiger partial charge in [-0.3, -0.25) is 14.4 Å². The largest absolute Gasteiger partial charge is 0.456 e. The van der Waals surface area contributed by atoms with Crippen molar-refractivity contribution in [2.45, 2.75) is 264 Å². The lowest BCUT2D eigenvalue weighted by atomic mass is 10.0. The molecule has 2 unspecified atom stereocenters. The van der Waals surface area contributed by atoms with E-state index in [1.807, 2.05) is 4.90 Å². The topological polar surface area (TPSA) is 79.0 Å². The van der Waals surface area contributed by atoms with E-state index >= 15 is 0 Å². The van der Waals surface area contributed by atoms with Gasteiger partial charge in [-0.15, -0.1) is 0 Å². The van der Waals surface area contributed by atoms with Crippen LogP contribution in [-0.4, -0.2) is 72.0 Å². The predicted molar refractivity (Wildman–Crippen MR) is 232 cm³/mol. The third-order valence-electron chi connectivity index (χ3n) is 12.7. The number of hydrogen-bond acceptors (Lipinski definition) is 5. The lowest BCUT2D eigenvalue weighted by molar-refractivity contribution is -0.154. The Morgan fingerprint density at radius 3 is 1.64 bits per heavy atom. The van der Waals surface area contributed by atoms with Crippen LogP contribution in [0.5, 0.6) is 0 Å². The van der Waals surface area contributed by atoms with Crippen LogP contribution in [0.1, 0.15) is 245 Å². The van der Waals surface area contributed by atoms with Crippen molar-refractivity contribution in [3.8, 4) is 0 Å². The van der Waals surface area contributed by atoms with E-state index in [9.17, 15) is 14.4 Å². The summed E-state index contributed by atoms with van der Waals surface area (Å²) in [6.45, 7) is 9.15. The number of esters is 1. The molecule has 0 spiro atoms. The lowest BCUT2D eigenvalue weighted by Crippen LogP contribution is -2.53. The Morgan fingerprint density at radius 1 is 0.618 bits per heavy atom. The van der Waals surface area contributed by atoms with E-state index in [-0.39, 0.29) is 30.4 Å². The highest BCUT2D eigenvalue weighted by atomic mass is 16.5. The van der Waals surface area contributed by atoms with Gasteiger partial charge < -0.3 is 19.9 Å². The number of nitrogens with one attached hydrogen (secondary N) is 1. The maximum Gasteiger partial charge on any atom is 0.306 e. The number of carbonyl (C=O) groups is 3. The summed E-state index contributed by atoms with van der Waals surface area (Å²) in [6.07, 6.45) is 41.2. The molecule has 2 rings (SSSR count). The second-order valence-corrected chi connectivity index (χ2v) is 17.7. The minimum atomic E-state index is -0.511. The highest BCUT2D eigenvalue weighted by Gasteiger charge is 2.31. The van der Waals surface area contributed by atoms with Crippen LogP contribution in [0.2, 0.25) is 0 Å². The summed E-state index contributed by atoms with van der Waals surface area (Å²) in [5.41, 5.74) is 0. The SMILES string of the molecule is CCCCCCCCCCCCCCCC(=O)OCC(=O)N(CCCN1CCCCC1C)C(CCCCCCCCCCCC)C(=O)NC1CCCCCC1. The Balaban J connectivity index is 1.90. The molecule has 55 heavy (non-hydrogen) atoms. The van der Waals surface area contributed by atoms with Crippen molar-refractivity contribution in [2.24, 2.45) is 0 Å². The number of amides is 2. The molecular formula is C48H91N3O4. The maximum atomic E-state index is 14.1. The normalized spacial score (nSPS) is 17.5. The fourth-order valence-corrected chi connectivity index (χ4v) is 8.95. The number of unbranched alkanes of at least 4 members (excludes halogenated alkanes) is 21. The highest BCUT2D eigenvalue weighted by molar-refractivity contribution is 5.89. The van der Waals surface area contributed by atoms with E-state index in [4.69, 9.17) is 4.74 Å². The van der Waals surface area contributed by atoms with Crippen molar-refractivity contribution in [3.63, 3.8) is 0 Å². The van der Waals surface area contributed by atoms with Crippen molar-refractivity contribution in [1.29, 1.82) is 0 Å². The number of carbonyl (C=O) groups excluding carboxylic acids is 3. The summed E-state index contributed by atoms with van der Waals surface area (Å²) in [4.78, 5) is 45.3. The standard InChI is InChI=1S/C48H91N3O4/c1-4-6-8-10-12-14-16-17-18-20-22-24-30-38-47(53)55-42-46(52)51(41-33-40-50-39-32-31-34-43(50)3)45(48(54)49-44-35-27-25-26-28-36-44)37-29-23-21-19-15-13-11-9-7-5-2/h43-45H,4-42H2,1-3H3,(H,49,54). The molecule has 0 aromatic heterocycles. The first kappa shape index (κ1) is 49.5. The number of piperidine rings is 1. The van der Waals surface area contributed by atoms with Gasteiger partial charge in [0.25, 0.3) is 5.91 Å². The Morgan fingerprint density at radius 2 is 1.11 bits per heavy atom. The zero-order valence-corrected chi connectivity index (χ0v) is 36.8. The number of rotatable bonds is 34. The van der Waals surface area contributed by atoms with Gasteiger partial charge in [-0.25, -0.2) is 0 Å². The molecule has 0 bridgehead atoms. The molecule has 0 aromatic carbocycles. The van der Waals surface area contributed by atoms with E-state index in [0.717, 1.165) is 77.3 Å². The quantitative estimate of drug-likeness (QED) is 0.0400. The zero-order valence-electron chi connectivity index (χ0n) is 36.8. The number of nitrogens with zero attached hydrogens (tertiary/aromatic N) is 2.